The van der Waals surface area contributed by atoms with E-state index in [9.17, 15) is 4.79 Å². The Morgan fingerprint density at radius 3 is 1.92 bits per heavy atom. The summed E-state index contributed by atoms with van der Waals surface area (Å²) in [7, 11) is 0. The Morgan fingerprint density at radius 2 is 1.67 bits per heavy atom. The Labute approximate surface area is 72.5 Å². The molecule has 0 bridgehead atoms. The molecule has 0 radical (unpaired) electrons. The number of hydrogen-bond donors (Lipinski definition) is 1. The lowest BCUT2D eigenvalue weighted by atomic mass is 10.2. The van der Waals surface area contributed by atoms with Crippen LogP contribution in [0.1, 0.15) is 13.8 Å². The van der Waals surface area contributed by atoms with Gasteiger partial charge in [0.1, 0.15) is 5.92 Å². The van der Waals surface area contributed by atoms with Crippen molar-refractivity contribution in [3.8, 4) is 0 Å². The van der Waals surface area contributed by atoms with Crippen molar-refractivity contribution in [2.24, 2.45) is 5.92 Å². The normalized spacial score (nSPS) is 10.6. The predicted octanol–water partition coefficient (Wildman–Crippen LogP) is 0.760. The van der Waals surface area contributed by atoms with E-state index < -0.39 is 11.9 Å². The minimum atomic E-state index is -0.864. The monoisotopic (exact) mass is 176 g/mol. The number of hydrogen-bond acceptors (Lipinski definition) is 3. The molecule has 0 aliphatic carbocycles. The summed E-state index contributed by atoms with van der Waals surface area (Å²) in [6.45, 7) is 5.20. The molecule has 12 heavy (non-hydrogen) atoms. The lowest BCUT2D eigenvalue weighted by molar-refractivity contribution is -0.146. The molecule has 72 valence electrons. The van der Waals surface area contributed by atoms with Gasteiger partial charge in [0.2, 0.25) is 0 Å². The van der Waals surface area contributed by atoms with E-state index in [2.05, 4.69) is 0 Å². The van der Waals surface area contributed by atoms with E-state index in [-0.39, 0.29) is 13.2 Å². The minimum absolute atomic E-state index is 0.228. The van der Waals surface area contributed by atoms with Crippen LogP contribution in [0.5, 0.6) is 0 Å². The average molecular weight is 176 g/mol. The Kier molecular flexibility index (Phi) is 6.70. The molecule has 0 rings (SSSR count). The molecule has 0 aliphatic heterocycles. The standard InChI is InChI=1S/C8H16O4/c1-3-11-5-7(8(9)10)6-12-4-2/h7H,3-6H2,1-2H3,(H,9,10). The molecule has 0 spiro atoms. The van der Waals surface area contributed by atoms with Gasteiger partial charge in [-0.25, -0.2) is 0 Å². The van der Waals surface area contributed by atoms with Gasteiger partial charge in [0.25, 0.3) is 0 Å². The van der Waals surface area contributed by atoms with Gasteiger partial charge in [0, 0.05) is 13.2 Å². The molecular weight excluding hydrogens is 160 g/mol. The van der Waals surface area contributed by atoms with Gasteiger partial charge in [0.15, 0.2) is 0 Å². The van der Waals surface area contributed by atoms with Crippen molar-refractivity contribution in [2.75, 3.05) is 26.4 Å². The predicted molar refractivity (Wildman–Crippen MR) is 44.1 cm³/mol. The topological polar surface area (TPSA) is 55.8 Å². The summed E-state index contributed by atoms with van der Waals surface area (Å²) in [5, 5.41) is 8.67. The van der Waals surface area contributed by atoms with Crippen molar-refractivity contribution in [3.05, 3.63) is 0 Å². The van der Waals surface area contributed by atoms with E-state index in [4.69, 9.17) is 14.6 Å². The number of carboxylic acid groups (broad SMARTS) is 1. The van der Waals surface area contributed by atoms with Crippen LogP contribution in [0.4, 0.5) is 0 Å². The SMILES string of the molecule is CCOCC(COCC)C(=O)O. The quantitative estimate of drug-likeness (QED) is 0.622. The zero-order valence-electron chi connectivity index (χ0n) is 7.58. The van der Waals surface area contributed by atoms with Crippen LogP contribution in [0.3, 0.4) is 0 Å². The van der Waals surface area contributed by atoms with Gasteiger partial charge in [-0.1, -0.05) is 0 Å². The molecule has 0 saturated carbocycles. The Hall–Kier alpha value is -0.610. The highest BCUT2D eigenvalue weighted by molar-refractivity contribution is 5.70. The molecule has 0 atom stereocenters. The van der Waals surface area contributed by atoms with Gasteiger partial charge in [0.05, 0.1) is 13.2 Å². The van der Waals surface area contributed by atoms with Crippen molar-refractivity contribution in [1.82, 2.24) is 0 Å². The van der Waals surface area contributed by atoms with Crippen molar-refractivity contribution in [3.63, 3.8) is 0 Å². The van der Waals surface area contributed by atoms with Crippen LogP contribution in [0, 0.1) is 5.92 Å². The molecule has 0 unspecified atom stereocenters. The third-order valence-corrected chi connectivity index (χ3v) is 1.40. The highest BCUT2D eigenvalue weighted by Gasteiger charge is 2.16. The van der Waals surface area contributed by atoms with Crippen LogP contribution in [-0.2, 0) is 14.3 Å². The van der Waals surface area contributed by atoms with Crippen LogP contribution < -0.4 is 0 Å². The molecule has 0 fully saturated rings. The van der Waals surface area contributed by atoms with Gasteiger partial charge < -0.3 is 14.6 Å². The van der Waals surface area contributed by atoms with E-state index >= 15 is 0 Å². The first-order valence-corrected chi connectivity index (χ1v) is 4.10. The summed E-state index contributed by atoms with van der Waals surface area (Å²) in [5.74, 6) is -1.40. The lowest BCUT2D eigenvalue weighted by Gasteiger charge is -2.11. The summed E-state index contributed by atoms with van der Waals surface area (Å²) < 4.78 is 9.99. The summed E-state index contributed by atoms with van der Waals surface area (Å²) in [5.41, 5.74) is 0. The third-order valence-electron chi connectivity index (χ3n) is 1.40. The largest absolute Gasteiger partial charge is 0.481 e. The van der Waals surface area contributed by atoms with E-state index in [0.29, 0.717) is 13.2 Å². The number of carboxylic acids is 1. The second-order valence-corrected chi connectivity index (χ2v) is 2.35. The maximum atomic E-state index is 10.6. The van der Waals surface area contributed by atoms with Crippen LogP contribution in [0.25, 0.3) is 0 Å². The maximum absolute atomic E-state index is 10.6. The molecule has 4 nitrogen and oxygen atoms in total. The van der Waals surface area contributed by atoms with E-state index in [1.54, 1.807) is 0 Å². The van der Waals surface area contributed by atoms with E-state index in [0.717, 1.165) is 0 Å². The van der Waals surface area contributed by atoms with Crippen molar-refractivity contribution >= 4 is 5.97 Å². The number of aliphatic carboxylic acids is 1. The van der Waals surface area contributed by atoms with Gasteiger partial charge >= 0.3 is 5.97 Å². The lowest BCUT2D eigenvalue weighted by Crippen LogP contribution is -2.25. The number of ether oxygens (including phenoxy) is 2. The van der Waals surface area contributed by atoms with Crippen molar-refractivity contribution in [2.45, 2.75) is 13.8 Å². The molecule has 0 heterocycles. The molecule has 0 aliphatic rings. The van der Waals surface area contributed by atoms with Crippen LogP contribution >= 0.6 is 0 Å². The zero-order chi connectivity index (χ0) is 9.40. The van der Waals surface area contributed by atoms with Gasteiger partial charge in [-0.2, -0.15) is 0 Å². The van der Waals surface area contributed by atoms with E-state index in [1.807, 2.05) is 13.8 Å². The molecule has 1 N–H and O–H groups in total. The fraction of sp³-hybridized carbons (Fsp3) is 0.875. The molecule has 0 aromatic carbocycles. The molecule has 4 heteroatoms. The smallest absolute Gasteiger partial charge is 0.311 e. The second kappa shape index (κ2) is 7.06. The maximum Gasteiger partial charge on any atom is 0.311 e. The Bertz CT molecular complexity index is 116. The molecule has 0 aromatic rings. The molecule has 0 saturated heterocycles. The zero-order valence-corrected chi connectivity index (χ0v) is 7.58. The minimum Gasteiger partial charge on any atom is -0.481 e. The van der Waals surface area contributed by atoms with Crippen molar-refractivity contribution in [1.29, 1.82) is 0 Å². The fourth-order valence-electron chi connectivity index (χ4n) is 0.711. The van der Waals surface area contributed by atoms with Gasteiger partial charge in [-0.3, -0.25) is 4.79 Å². The summed E-state index contributed by atoms with van der Waals surface area (Å²) in [4.78, 5) is 10.6. The van der Waals surface area contributed by atoms with Crippen LogP contribution in [0.15, 0.2) is 0 Å². The van der Waals surface area contributed by atoms with Crippen molar-refractivity contribution < 1.29 is 19.4 Å². The van der Waals surface area contributed by atoms with Crippen LogP contribution in [-0.4, -0.2) is 37.5 Å². The first-order chi connectivity index (χ1) is 5.72. The molecular formula is C8H16O4. The average Bonchev–Trinajstić information content (AvgIpc) is 2.04. The summed E-state index contributed by atoms with van der Waals surface area (Å²) in [6, 6.07) is 0. The molecule has 0 amide bonds. The van der Waals surface area contributed by atoms with Gasteiger partial charge in [-0.15, -0.1) is 0 Å². The third kappa shape index (κ3) is 5.09. The number of carbonyl (C=O) groups is 1. The Morgan fingerprint density at radius 1 is 1.25 bits per heavy atom. The molecule has 0 aromatic heterocycles. The first-order valence-electron chi connectivity index (χ1n) is 4.10. The van der Waals surface area contributed by atoms with E-state index in [1.165, 1.54) is 0 Å². The first kappa shape index (κ1) is 11.4. The highest BCUT2D eigenvalue weighted by atomic mass is 16.5. The summed E-state index contributed by atoms with van der Waals surface area (Å²) in [6.07, 6.45) is 0. The Balaban J connectivity index is 3.62. The fourth-order valence-corrected chi connectivity index (χ4v) is 0.711. The summed E-state index contributed by atoms with van der Waals surface area (Å²) >= 11 is 0. The van der Waals surface area contributed by atoms with Gasteiger partial charge in [-0.05, 0) is 13.8 Å². The van der Waals surface area contributed by atoms with Crippen LogP contribution in [0.2, 0.25) is 0 Å². The highest BCUT2D eigenvalue weighted by Crippen LogP contribution is 1.98. The second-order valence-electron chi connectivity index (χ2n) is 2.35. The number of rotatable bonds is 7.